The summed E-state index contributed by atoms with van der Waals surface area (Å²) >= 11 is 3.39. The predicted octanol–water partition coefficient (Wildman–Crippen LogP) is 3.10. The van der Waals surface area contributed by atoms with Crippen LogP contribution in [0.4, 0.5) is 5.82 Å². The van der Waals surface area contributed by atoms with Crippen molar-refractivity contribution in [3.63, 3.8) is 0 Å². The zero-order valence-electron chi connectivity index (χ0n) is 9.60. The van der Waals surface area contributed by atoms with Crippen molar-refractivity contribution < 1.29 is 0 Å². The van der Waals surface area contributed by atoms with Crippen LogP contribution in [0.15, 0.2) is 28.7 Å². The normalized spacial score (nSPS) is 14.4. The van der Waals surface area contributed by atoms with Crippen molar-refractivity contribution in [2.45, 2.75) is 18.9 Å². The lowest BCUT2D eigenvalue weighted by Gasteiger charge is -1.98. The zero-order valence-corrected chi connectivity index (χ0v) is 11.2. The van der Waals surface area contributed by atoms with E-state index < -0.39 is 0 Å². The van der Waals surface area contributed by atoms with Crippen molar-refractivity contribution in [2.24, 2.45) is 0 Å². The quantitative estimate of drug-likeness (QED) is 0.927. The van der Waals surface area contributed by atoms with E-state index in [2.05, 4.69) is 27.1 Å². The van der Waals surface area contributed by atoms with E-state index in [1.807, 2.05) is 24.3 Å². The fourth-order valence-corrected chi connectivity index (χ4v) is 2.23. The lowest BCUT2D eigenvalue weighted by molar-refractivity contribution is 0.654. The van der Waals surface area contributed by atoms with Crippen molar-refractivity contribution in [1.82, 2.24) is 9.78 Å². The molecule has 1 aromatic heterocycles. The molecule has 1 saturated carbocycles. The van der Waals surface area contributed by atoms with Crippen molar-refractivity contribution in [3.8, 4) is 17.3 Å². The molecular weight excluding hydrogens is 292 g/mol. The molecule has 1 aliphatic rings. The summed E-state index contributed by atoms with van der Waals surface area (Å²) in [6, 6.07) is 10.3. The largest absolute Gasteiger partial charge is 0.383 e. The summed E-state index contributed by atoms with van der Waals surface area (Å²) < 4.78 is 2.79. The van der Waals surface area contributed by atoms with Crippen LogP contribution in [-0.2, 0) is 0 Å². The maximum Gasteiger partial charge on any atom is 0.140 e. The van der Waals surface area contributed by atoms with Gasteiger partial charge in [0.1, 0.15) is 23.1 Å². The second-order valence-electron chi connectivity index (χ2n) is 4.40. The molecule has 0 atom stereocenters. The third-order valence-corrected chi connectivity index (χ3v) is 3.60. The first kappa shape index (κ1) is 11.3. The van der Waals surface area contributed by atoms with E-state index in [0.29, 0.717) is 23.1 Å². The van der Waals surface area contributed by atoms with E-state index >= 15 is 0 Å². The molecule has 4 nitrogen and oxygen atoms in total. The lowest BCUT2D eigenvalue weighted by atomic mass is 10.1. The van der Waals surface area contributed by atoms with Crippen LogP contribution >= 0.6 is 15.9 Å². The highest BCUT2D eigenvalue weighted by Crippen LogP contribution is 2.39. The van der Waals surface area contributed by atoms with Crippen LogP contribution < -0.4 is 5.73 Å². The molecule has 18 heavy (non-hydrogen) atoms. The molecule has 3 rings (SSSR count). The van der Waals surface area contributed by atoms with Gasteiger partial charge in [0.15, 0.2) is 0 Å². The minimum atomic E-state index is 0.376. The van der Waals surface area contributed by atoms with Gasteiger partial charge >= 0.3 is 0 Å². The summed E-state index contributed by atoms with van der Waals surface area (Å²) in [5, 5.41) is 13.7. The van der Waals surface area contributed by atoms with Gasteiger partial charge in [0.2, 0.25) is 0 Å². The number of nitrogens with two attached hydrogens (primary N) is 1. The number of nitrogen functional groups attached to an aromatic ring is 1. The molecule has 0 radical (unpaired) electrons. The minimum absolute atomic E-state index is 0.376. The molecule has 1 fully saturated rings. The maximum absolute atomic E-state index is 9.24. The zero-order chi connectivity index (χ0) is 12.7. The number of anilines is 1. The lowest BCUT2D eigenvalue weighted by Crippen LogP contribution is -2.02. The fraction of sp³-hybridized carbons (Fsp3) is 0.231. The molecular formula is C13H11BrN4. The van der Waals surface area contributed by atoms with Crippen LogP contribution in [0.5, 0.6) is 0 Å². The number of hydrogen-bond acceptors (Lipinski definition) is 3. The Morgan fingerprint density at radius 3 is 2.56 bits per heavy atom. The van der Waals surface area contributed by atoms with E-state index in [1.54, 1.807) is 4.68 Å². The standard InChI is InChI=1S/C13H11BrN4/c14-9-3-1-8(2-4-9)12-11(7-15)13(16)18(17-12)10-5-6-10/h1-4,10H,5-6,16H2. The van der Waals surface area contributed by atoms with Gasteiger partial charge in [-0.1, -0.05) is 28.1 Å². The van der Waals surface area contributed by atoms with Crippen LogP contribution in [0.2, 0.25) is 0 Å². The van der Waals surface area contributed by atoms with Crippen molar-refractivity contribution in [3.05, 3.63) is 34.3 Å². The second-order valence-corrected chi connectivity index (χ2v) is 5.32. The molecule has 0 spiro atoms. The number of benzene rings is 1. The summed E-state index contributed by atoms with van der Waals surface area (Å²) in [6.45, 7) is 0. The van der Waals surface area contributed by atoms with Gasteiger partial charge < -0.3 is 5.73 Å². The summed E-state index contributed by atoms with van der Waals surface area (Å²) in [5.41, 5.74) is 8.06. The van der Waals surface area contributed by atoms with Gasteiger partial charge in [-0.3, -0.25) is 0 Å². The molecule has 0 amide bonds. The average molecular weight is 303 g/mol. The molecule has 5 heteroatoms. The number of nitriles is 1. The molecule has 1 aromatic carbocycles. The Morgan fingerprint density at radius 1 is 1.33 bits per heavy atom. The van der Waals surface area contributed by atoms with E-state index in [0.717, 1.165) is 22.9 Å². The molecule has 2 N–H and O–H groups in total. The fourth-order valence-electron chi connectivity index (χ4n) is 1.96. The van der Waals surface area contributed by atoms with E-state index in [9.17, 15) is 5.26 Å². The van der Waals surface area contributed by atoms with Gasteiger partial charge in [-0.15, -0.1) is 0 Å². The van der Waals surface area contributed by atoms with Gasteiger partial charge in [0.05, 0.1) is 6.04 Å². The number of nitrogens with zero attached hydrogens (tertiary/aromatic N) is 3. The third-order valence-electron chi connectivity index (χ3n) is 3.07. The number of halogens is 1. The number of rotatable bonds is 2. The van der Waals surface area contributed by atoms with E-state index in [1.165, 1.54) is 0 Å². The van der Waals surface area contributed by atoms with Gasteiger partial charge in [0, 0.05) is 10.0 Å². The second kappa shape index (κ2) is 4.14. The van der Waals surface area contributed by atoms with Crippen LogP contribution in [0.25, 0.3) is 11.3 Å². The first-order valence-electron chi connectivity index (χ1n) is 5.74. The highest BCUT2D eigenvalue weighted by Gasteiger charge is 2.29. The Hall–Kier alpha value is -1.80. The monoisotopic (exact) mass is 302 g/mol. The SMILES string of the molecule is N#Cc1c(-c2ccc(Br)cc2)nn(C2CC2)c1N. The Kier molecular flexibility index (Phi) is 2.60. The predicted molar refractivity (Wildman–Crippen MR) is 72.8 cm³/mol. The first-order chi connectivity index (χ1) is 8.70. The third kappa shape index (κ3) is 1.79. The maximum atomic E-state index is 9.24. The molecule has 0 bridgehead atoms. The Balaban J connectivity index is 2.14. The van der Waals surface area contributed by atoms with Gasteiger partial charge in [-0.05, 0) is 25.0 Å². The minimum Gasteiger partial charge on any atom is -0.383 e. The van der Waals surface area contributed by atoms with Crippen LogP contribution in [0.3, 0.4) is 0 Å². The summed E-state index contributed by atoms with van der Waals surface area (Å²) in [4.78, 5) is 0. The van der Waals surface area contributed by atoms with E-state index in [-0.39, 0.29) is 0 Å². The summed E-state index contributed by atoms with van der Waals surface area (Å²) in [5.74, 6) is 0.484. The molecule has 90 valence electrons. The van der Waals surface area contributed by atoms with Gasteiger partial charge in [-0.2, -0.15) is 10.4 Å². The number of hydrogen-bond donors (Lipinski definition) is 1. The van der Waals surface area contributed by atoms with Crippen molar-refractivity contribution >= 4 is 21.7 Å². The summed E-state index contributed by atoms with van der Waals surface area (Å²) in [6.07, 6.45) is 2.19. The van der Waals surface area contributed by atoms with Crippen molar-refractivity contribution in [1.29, 1.82) is 5.26 Å². The summed E-state index contributed by atoms with van der Waals surface area (Å²) in [7, 11) is 0. The van der Waals surface area contributed by atoms with Crippen molar-refractivity contribution in [2.75, 3.05) is 5.73 Å². The first-order valence-corrected chi connectivity index (χ1v) is 6.54. The molecule has 0 saturated heterocycles. The topological polar surface area (TPSA) is 67.6 Å². The Morgan fingerprint density at radius 2 is 2.00 bits per heavy atom. The van der Waals surface area contributed by atoms with Gasteiger partial charge in [0.25, 0.3) is 0 Å². The molecule has 1 aliphatic carbocycles. The van der Waals surface area contributed by atoms with Crippen LogP contribution in [0, 0.1) is 11.3 Å². The highest BCUT2D eigenvalue weighted by molar-refractivity contribution is 9.10. The smallest absolute Gasteiger partial charge is 0.140 e. The number of aromatic nitrogens is 2. The van der Waals surface area contributed by atoms with Crippen LogP contribution in [0.1, 0.15) is 24.4 Å². The van der Waals surface area contributed by atoms with Gasteiger partial charge in [-0.25, -0.2) is 4.68 Å². The Labute approximate surface area is 113 Å². The molecule has 0 unspecified atom stereocenters. The van der Waals surface area contributed by atoms with Crippen LogP contribution in [-0.4, -0.2) is 9.78 Å². The molecule has 1 heterocycles. The average Bonchev–Trinajstić information content (AvgIpc) is 3.15. The van der Waals surface area contributed by atoms with E-state index in [4.69, 9.17) is 5.73 Å². The molecule has 0 aliphatic heterocycles. The highest BCUT2D eigenvalue weighted by atomic mass is 79.9. The molecule has 2 aromatic rings. The Bertz CT molecular complexity index is 632.